The number of ether oxygens (including phenoxy) is 2. The van der Waals surface area contributed by atoms with Gasteiger partial charge >= 0.3 is 5.97 Å². The zero-order chi connectivity index (χ0) is 17.1. The second-order valence-electron chi connectivity index (χ2n) is 3.69. The van der Waals surface area contributed by atoms with Gasteiger partial charge < -0.3 is 9.47 Å². The summed E-state index contributed by atoms with van der Waals surface area (Å²) in [4.78, 5) is 10.8. The molecule has 124 valence electrons. The number of esters is 1. The summed E-state index contributed by atoms with van der Waals surface area (Å²) in [5.41, 5.74) is 0. The Morgan fingerprint density at radius 3 is 1.82 bits per heavy atom. The Labute approximate surface area is 120 Å². The van der Waals surface area contributed by atoms with Crippen molar-refractivity contribution < 1.29 is 49.2 Å². The van der Waals surface area contributed by atoms with Crippen molar-refractivity contribution in [1.29, 1.82) is 0 Å². The molecule has 0 aromatic heterocycles. The molecule has 0 saturated heterocycles. The Morgan fingerprint density at radius 2 is 1.36 bits per heavy atom. The minimum atomic E-state index is -4.62. The molecule has 0 atom stereocenters. The Morgan fingerprint density at radius 1 is 0.909 bits per heavy atom. The number of carbonyl (C=O) groups is 1. The second kappa shape index (κ2) is 6.87. The van der Waals surface area contributed by atoms with Crippen LogP contribution < -0.4 is 4.74 Å². The number of hydrogen-bond acceptors (Lipinski definition) is 5. The molecule has 0 unspecified atom stereocenters. The van der Waals surface area contributed by atoms with E-state index < -0.39 is 69.9 Å². The summed E-state index contributed by atoms with van der Waals surface area (Å²) in [6.45, 7) is -1.58. The van der Waals surface area contributed by atoms with Crippen LogP contribution in [0.4, 0.5) is 22.0 Å². The molecular weight excluding hydrogens is 343 g/mol. The predicted molar refractivity (Wildman–Crippen MR) is 59.1 cm³/mol. The van der Waals surface area contributed by atoms with Crippen molar-refractivity contribution in [3.63, 3.8) is 0 Å². The minimum Gasteiger partial charge on any atom is -0.484 e. The van der Waals surface area contributed by atoms with Crippen LogP contribution >= 0.6 is 0 Å². The van der Waals surface area contributed by atoms with Crippen LogP contribution in [0, 0.1) is 29.1 Å². The molecule has 0 spiro atoms. The van der Waals surface area contributed by atoms with Gasteiger partial charge in [-0.3, -0.25) is 9.35 Å². The van der Waals surface area contributed by atoms with Crippen LogP contribution in [0.3, 0.4) is 0 Å². The summed E-state index contributed by atoms with van der Waals surface area (Å²) in [6.07, 6.45) is 0. The molecule has 0 bridgehead atoms. The number of rotatable bonds is 6. The van der Waals surface area contributed by atoms with Gasteiger partial charge in [0.05, 0.1) is 0 Å². The number of carbonyl (C=O) groups excluding carboxylic acids is 1. The van der Waals surface area contributed by atoms with Crippen LogP contribution in [0.2, 0.25) is 0 Å². The maximum atomic E-state index is 13.1. The summed E-state index contributed by atoms with van der Waals surface area (Å²) >= 11 is 0. The van der Waals surface area contributed by atoms with Crippen LogP contribution in [0.1, 0.15) is 0 Å². The Kier molecular flexibility index (Phi) is 5.65. The van der Waals surface area contributed by atoms with E-state index in [4.69, 9.17) is 4.55 Å². The molecule has 0 fully saturated rings. The summed E-state index contributed by atoms with van der Waals surface area (Å²) in [6, 6.07) is 0. The van der Waals surface area contributed by atoms with Gasteiger partial charge in [-0.1, -0.05) is 0 Å². The Bertz CT molecular complexity index is 661. The maximum Gasteiger partial charge on any atom is 0.323 e. The molecule has 0 aliphatic heterocycles. The first-order valence-corrected chi connectivity index (χ1v) is 6.90. The molecule has 0 aliphatic carbocycles. The largest absolute Gasteiger partial charge is 0.484 e. The van der Waals surface area contributed by atoms with E-state index in [1.807, 2.05) is 0 Å². The van der Waals surface area contributed by atoms with E-state index in [9.17, 15) is 35.2 Å². The van der Waals surface area contributed by atoms with E-state index in [-0.39, 0.29) is 0 Å². The van der Waals surface area contributed by atoms with Crippen molar-refractivity contribution in [3.8, 4) is 5.75 Å². The van der Waals surface area contributed by atoms with Gasteiger partial charge in [-0.2, -0.15) is 17.2 Å². The molecule has 1 aromatic carbocycles. The first-order valence-electron chi connectivity index (χ1n) is 5.29. The van der Waals surface area contributed by atoms with E-state index >= 15 is 0 Å². The van der Waals surface area contributed by atoms with Gasteiger partial charge in [0.2, 0.25) is 29.1 Å². The van der Waals surface area contributed by atoms with Gasteiger partial charge in [-0.05, 0) is 0 Å². The van der Waals surface area contributed by atoms with Crippen LogP contribution in [-0.4, -0.2) is 37.9 Å². The van der Waals surface area contributed by atoms with Crippen LogP contribution in [0.15, 0.2) is 0 Å². The van der Waals surface area contributed by atoms with Gasteiger partial charge in [-0.25, -0.2) is 13.2 Å². The monoisotopic (exact) mass is 350 g/mol. The number of benzene rings is 1. The predicted octanol–water partition coefficient (Wildman–Crippen LogP) is 1.19. The van der Waals surface area contributed by atoms with Crippen molar-refractivity contribution in [2.45, 2.75) is 0 Å². The lowest BCUT2D eigenvalue weighted by atomic mass is 10.2. The van der Waals surface area contributed by atoms with Gasteiger partial charge in [0, 0.05) is 0 Å². The lowest BCUT2D eigenvalue weighted by molar-refractivity contribution is -0.141. The number of halogens is 5. The standard InChI is InChI=1S/C10H7F5O6S/c11-5-6(12)8(14)10(9(15)7(5)13)21-2-1-20-4(16)3-22(17,18)19/h1-3H2,(H,17,18,19). The van der Waals surface area contributed by atoms with Crippen LogP contribution in [-0.2, 0) is 19.6 Å². The third-order valence-electron chi connectivity index (χ3n) is 2.06. The molecule has 0 radical (unpaired) electrons. The first-order chi connectivity index (χ1) is 10.0. The van der Waals surface area contributed by atoms with Crippen molar-refractivity contribution in [3.05, 3.63) is 29.1 Å². The quantitative estimate of drug-likeness (QED) is 0.207. The van der Waals surface area contributed by atoms with Gasteiger partial charge in [0.25, 0.3) is 10.1 Å². The van der Waals surface area contributed by atoms with Crippen molar-refractivity contribution >= 4 is 16.1 Å². The summed E-state index contributed by atoms with van der Waals surface area (Å²) in [7, 11) is -4.62. The Hall–Kier alpha value is -1.95. The van der Waals surface area contributed by atoms with Crippen LogP contribution in [0.25, 0.3) is 0 Å². The highest BCUT2D eigenvalue weighted by molar-refractivity contribution is 7.86. The fourth-order valence-corrected chi connectivity index (χ4v) is 1.58. The fraction of sp³-hybridized carbons (Fsp3) is 0.300. The molecule has 6 nitrogen and oxygen atoms in total. The second-order valence-corrected chi connectivity index (χ2v) is 5.15. The van der Waals surface area contributed by atoms with Crippen molar-refractivity contribution in [2.24, 2.45) is 0 Å². The third kappa shape index (κ3) is 4.53. The first kappa shape index (κ1) is 18.1. The molecule has 1 rings (SSSR count). The van der Waals surface area contributed by atoms with Crippen LogP contribution in [0.5, 0.6) is 5.75 Å². The third-order valence-corrected chi connectivity index (χ3v) is 2.66. The molecule has 1 aromatic rings. The highest BCUT2D eigenvalue weighted by Crippen LogP contribution is 2.28. The van der Waals surface area contributed by atoms with E-state index in [1.165, 1.54) is 0 Å². The molecule has 0 aliphatic rings. The minimum absolute atomic E-state index is 0.756. The number of hydrogen-bond donors (Lipinski definition) is 1. The SMILES string of the molecule is O=C(CS(=O)(=O)O)OCCOc1c(F)c(F)c(F)c(F)c1F. The van der Waals surface area contributed by atoms with Crippen molar-refractivity contribution in [2.75, 3.05) is 19.0 Å². The van der Waals surface area contributed by atoms with E-state index in [0.29, 0.717) is 0 Å². The van der Waals surface area contributed by atoms with Gasteiger partial charge in [0.1, 0.15) is 13.2 Å². The van der Waals surface area contributed by atoms with E-state index in [1.54, 1.807) is 0 Å². The zero-order valence-electron chi connectivity index (χ0n) is 10.4. The molecular formula is C10H7F5O6S. The average Bonchev–Trinajstić information content (AvgIpc) is 2.40. The lowest BCUT2D eigenvalue weighted by Crippen LogP contribution is -2.20. The smallest absolute Gasteiger partial charge is 0.323 e. The fourth-order valence-electron chi connectivity index (χ4n) is 1.20. The van der Waals surface area contributed by atoms with Gasteiger partial charge in [0.15, 0.2) is 11.5 Å². The highest BCUT2D eigenvalue weighted by atomic mass is 32.2. The maximum absolute atomic E-state index is 13.1. The molecule has 0 amide bonds. The lowest BCUT2D eigenvalue weighted by Gasteiger charge is -2.10. The summed E-state index contributed by atoms with van der Waals surface area (Å²) < 4.78 is 102. The van der Waals surface area contributed by atoms with Crippen molar-refractivity contribution in [1.82, 2.24) is 0 Å². The molecule has 1 N–H and O–H groups in total. The van der Waals surface area contributed by atoms with E-state index in [2.05, 4.69) is 9.47 Å². The highest BCUT2D eigenvalue weighted by Gasteiger charge is 2.27. The molecule has 22 heavy (non-hydrogen) atoms. The summed E-state index contributed by atoms with van der Waals surface area (Å²) in [5.74, 6) is -15.5. The molecule has 12 heteroatoms. The molecule has 0 saturated carbocycles. The zero-order valence-corrected chi connectivity index (χ0v) is 11.2. The van der Waals surface area contributed by atoms with Gasteiger partial charge in [-0.15, -0.1) is 0 Å². The topological polar surface area (TPSA) is 89.9 Å². The average molecular weight is 350 g/mol. The Balaban J connectivity index is 2.65. The summed E-state index contributed by atoms with van der Waals surface area (Å²) in [5, 5.41) is 0. The normalized spacial score (nSPS) is 11.4. The molecule has 0 heterocycles. The van der Waals surface area contributed by atoms with E-state index in [0.717, 1.165) is 0 Å².